The minimum absolute atomic E-state index is 0.165. The number of aromatic nitrogens is 2. The van der Waals surface area contributed by atoms with Gasteiger partial charge in [-0.2, -0.15) is 0 Å². The number of fused-ring (bicyclic) bond motifs is 1. The van der Waals surface area contributed by atoms with Crippen LogP contribution in [0, 0.1) is 0 Å². The monoisotopic (exact) mass is 546 g/mol. The summed E-state index contributed by atoms with van der Waals surface area (Å²) in [6.45, 7) is 1.60. The molecule has 1 aliphatic rings. The minimum Gasteiger partial charge on any atom is -0.450 e. The molecule has 0 spiro atoms. The molecule has 1 aliphatic carbocycles. The van der Waals surface area contributed by atoms with E-state index in [0.29, 0.717) is 48.3 Å². The number of carbonyl (C=O) groups excluding carboxylic acids is 2. The van der Waals surface area contributed by atoms with Gasteiger partial charge in [-0.15, -0.1) is 0 Å². The molecule has 0 bridgehead atoms. The Hall–Kier alpha value is -4.04. The molecular formula is C30H31ClN4O4. The molecule has 0 saturated heterocycles. The van der Waals surface area contributed by atoms with E-state index in [4.69, 9.17) is 21.1 Å². The number of ether oxygens (including phenoxy) is 2. The lowest BCUT2D eigenvalue weighted by molar-refractivity contribution is 0.143. The van der Waals surface area contributed by atoms with Crippen molar-refractivity contribution in [1.82, 2.24) is 14.9 Å². The number of alkyl carbamates (subject to hydrolysis) is 1. The second kappa shape index (κ2) is 12.7. The van der Waals surface area contributed by atoms with Gasteiger partial charge in [-0.1, -0.05) is 66.2 Å². The van der Waals surface area contributed by atoms with Crippen molar-refractivity contribution in [2.24, 2.45) is 0 Å². The standard InChI is InChI=1S/C30H31ClN4O4/c31-25-16-26(34-30(37)39-19-21-7-2-1-3-8-21)28-27(17-25)35(20-33-28)13-4-5-14-38-29(36)32-18-22-9-6-10-24(15-22)23-11-12-23/h1-3,6-10,15-17,20,23H,4-5,11-14,18-19H2,(H,32,36)(H,34,37). The lowest BCUT2D eigenvalue weighted by Crippen LogP contribution is -2.24. The van der Waals surface area contributed by atoms with E-state index in [9.17, 15) is 9.59 Å². The number of hydrogen-bond donors (Lipinski definition) is 2. The van der Waals surface area contributed by atoms with Gasteiger partial charge < -0.3 is 19.4 Å². The number of aryl methyl sites for hydroxylation is 1. The van der Waals surface area contributed by atoms with Gasteiger partial charge in [-0.3, -0.25) is 5.32 Å². The highest BCUT2D eigenvalue weighted by molar-refractivity contribution is 6.32. The fourth-order valence-electron chi connectivity index (χ4n) is 4.42. The number of hydrogen-bond acceptors (Lipinski definition) is 5. The third-order valence-corrected chi connectivity index (χ3v) is 6.82. The van der Waals surface area contributed by atoms with Gasteiger partial charge in [0.25, 0.3) is 0 Å². The van der Waals surface area contributed by atoms with Crippen LogP contribution in [-0.2, 0) is 29.2 Å². The summed E-state index contributed by atoms with van der Waals surface area (Å²) >= 11 is 6.33. The van der Waals surface area contributed by atoms with Crippen LogP contribution in [-0.4, -0.2) is 28.3 Å². The lowest BCUT2D eigenvalue weighted by Gasteiger charge is -2.10. The molecule has 4 aromatic rings. The normalized spacial score (nSPS) is 12.7. The van der Waals surface area contributed by atoms with Gasteiger partial charge in [0.2, 0.25) is 0 Å². The summed E-state index contributed by atoms with van der Waals surface area (Å²) in [5, 5.41) is 6.05. The Kier molecular flexibility index (Phi) is 8.63. The molecular weight excluding hydrogens is 516 g/mol. The maximum atomic E-state index is 12.4. The topological polar surface area (TPSA) is 94.5 Å². The molecule has 8 nitrogen and oxygen atoms in total. The molecule has 9 heteroatoms. The van der Waals surface area contributed by atoms with Crippen molar-refractivity contribution >= 4 is 40.5 Å². The smallest absolute Gasteiger partial charge is 0.412 e. The lowest BCUT2D eigenvalue weighted by atomic mass is 10.1. The van der Waals surface area contributed by atoms with Crippen LogP contribution in [0.3, 0.4) is 0 Å². The fourth-order valence-corrected chi connectivity index (χ4v) is 4.63. The number of rotatable bonds is 11. The highest BCUT2D eigenvalue weighted by atomic mass is 35.5. The van der Waals surface area contributed by atoms with E-state index in [0.717, 1.165) is 23.1 Å². The van der Waals surface area contributed by atoms with Crippen LogP contribution in [0.2, 0.25) is 5.02 Å². The van der Waals surface area contributed by atoms with Gasteiger partial charge in [-0.25, -0.2) is 14.6 Å². The maximum absolute atomic E-state index is 12.4. The van der Waals surface area contributed by atoms with Gasteiger partial charge in [0.1, 0.15) is 12.1 Å². The summed E-state index contributed by atoms with van der Waals surface area (Å²) in [6.07, 6.45) is 4.69. The highest BCUT2D eigenvalue weighted by Gasteiger charge is 2.23. The third-order valence-electron chi connectivity index (χ3n) is 6.60. The molecule has 1 aromatic heterocycles. The molecule has 3 aromatic carbocycles. The number of benzene rings is 3. The summed E-state index contributed by atoms with van der Waals surface area (Å²) in [7, 11) is 0. The molecule has 39 heavy (non-hydrogen) atoms. The molecule has 5 rings (SSSR count). The van der Waals surface area contributed by atoms with Gasteiger partial charge in [-0.05, 0) is 60.4 Å². The molecule has 1 saturated carbocycles. The largest absolute Gasteiger partial charge is 0.450 e. The van der Waals surface area contributed by atoms with Crippen molar-refractivity contribution < 1.29 is 19.1 Å². The summed E-state index contributed by atoms with van der Waals surface area (Å²) < 4.78 is 12.6. The Labute approximate surface area is 232 Å². The van der Waals surface area contributed by atoms with Gasteiger partial charge in [0, 0.05) is 18.1 Å². The average Bonchev–Trinajstić information content (AvgIpc) is 3.72. The molecule has 2 amide bonds. The third kappa shape index (κ3) is 7.51. The van der Waals surface area contributed by atoms with Crippen LogP contribution in [0.15, 0.2) is 73.1 Å². The Morgan fingerprint density at radius 1 is 0.949 bits per heavy atom. The quantitative estimate of drug-likeness (QED) is 0.197. The second-order valence-corrected chi connectivity index (χ2v) is 10.1. The minimum atomic E-state index is -0.581. The second-order valence-electron chi connectivity index (χ2n) is 9.66. The van der Waals surface area contributed by atoms with Crippen molar-refractivity contribution in [1.29, 1.82) is 0 Å². The van der Waals surface area contributed by atoms with Gasteiger partial charge in [0.05, 0.1) is 24.1 Å². The molecule has 202 valence electrons. The Bertz CT molecular complexity index is 1440. The zero-order valence-electron chi connectivity index (χ0n) is 21.6. The van der Waals surface area contributed by atoms with Crippen LogP contribution in [0.25, 0.3) is 11.0 Å². The molecule has 0 aliphatic heterocycles. The predicted molar refractivity (Wildman–Crippen MR) is 151 cm³/mol. The summed E-state index contributed by atoms with van der Waals surface area (Å²) in [4.78, 5) is 28.9. The Morgan fingerprint density at radius 3 is 2.59 bits per heavy atom. The molecule has 0 atom stereocenters. The van der Waals surface area contributed by atoms with E-state index >= 15 is 0 Å². The van der Waals surface area contributed by atoms with Crippen molar-refractivity contribution in [3.63, 3.8) is 0 Å². The van der Waals surface area contributed by atoms with Gasteiger partial charge in [0.15, 0.2) is 0 Å². The Morgan fingerprint density at radius 2 is 1.77 bits per heavy atom. The zero-order chi connectivity index (χ0) is 27.0. The summed E-state index contributed by atoms with van der Waals surface area (Å²) in [6, 6.07) is 21.3. The number of amides is 2. The first kappa shape index (κ1) is 26.6. The highest BCUT2D eigenvalue weighted by Crippen LogP contribution is 2.40. The van der Waals surface area contributed by atoms with Gasteiger partial charge >= 0.3 is 12.2 Å². The van der Waals surface area contributed by atoms with E-state index in [1.807, 2.05) is 53.1 Å². The van der Waals surface area contributed by atoms with Crippen LogP contribution >= 0.6 is 11.6 Å². The first-order valence-corrected chi connectivity index (χ1v) is 13.5. The number of unbranched alkanes of at least 4 members (excludes halogenated alkanes) is 1. The van der Waals surface area contributed by atoms with Crippen LogP contribution < -0.4 is 10.6 Å². The molecule has 0 unspecified atom stereocenters. The van der Waals surface area contributed by atoms with Crippen molar-refractivity contribution in [2.75, 3.05) is 11.9 Å². The number of carbonyl (C=O) groups is 2. The Balaban J connectivity index is 1.06. The number of nitrogens with zero attached hydrogens (tertiary/aromatic N) is 2. The van der Waals surface area contributed by atoms with Crippen molar-refractivity contribution in [3.05, 3.63) is 94.8 Å². The van der Waals surface area contributed by atoms with Crippen molar-refractivity contribution in [2.45, 2.75) is 51.3 Å². The number of halogens is 1. The number of nitrogens with one attached hydrogen (secondary N) is 2. The molecule has 1 fully saturated rings. The molecule has 1 heterocycles. The van der Waals surface area contributed by atoms with E-state index in [-0.39, 0.29) is 6.61 Å². The maximum Gasteiger partial charge on any atom is 0.412 e. The zero-order valence-corrected chi connectivity index (χ0v) is 22.3. The molecule has 2 N–H and O–H groups in total. The van der Waals surface area contributed by atoms with Crippen LogP contribution in [0.5, 0.6) is 0 Å². The predicted octanol–water partition coefficient (Wildman–Crippen LogP) is 7.02. The first-order valence-electron chi connectivity index (χ1n) is 13.2. The molecule has 0 radical (unpaired) electrons. The number of anilines is 1. The fraction of sp³-hybridized carbons (Fsp3) is 0.300. The average molecular weight is 547 g/mol. The van der Waals surface area contributed by atoms with Crippen LogP contribution in [0.1, 0.15) is 48.3 Å². The summed E-state index contributed by atoms with van der Waals surface area (Å²) in [5.74, 6) is 0.685. The van der Waals surface area contributed by atoms with E-state index in [2.05, 4.69) is 27.8 Å². The van der Waals surface area contributed by atoms with Crippen LogP contribution in [0.4, 0.5) is 15.3 Å². The van der Waals surface area contributed by atoms with Crippen molar-refractivity contribution in [3.8, 4) is 0 Å². The first-order chi connectivity index (χ1) is 19.0. The SMILES string of the molecule is O=C(NCc1cccc(C2CC2)c1)OCCCCn1cnc2c(NC(=O)OCc3ccccc3)cc(Cl)cc21. The van der Waals surface area contributed by atoms with E-state index in [1.54, 1.807) is 12.4 Å². The van der Waals surface area contributed by atoms with E-state index < -0.39 is 12.2 Å². The summed E-state index contributed by atoms with van der Waals surface area (Å²) in [5.41, 5.74) is 5.23. The van der Waals surface area contributed by atoms with E-state index in [1.165, 1.54) is 18.4 Å². The number of imidazole rings is 1.